The van der Waals surface area contributed by atoms with Crippen LogP contribution in [0.25, 0.3) is 5.57 Å². The van der Waals surface area contributed by atoms with Gasteiger partial charge in [-0.05, 0) is 42.1 Å². The van der Waals surface area contributed by atoms with E-state index < -0.39 is 15.9 Å². The molecule has 4 rings (SSSR count). The Morgan fingerprint density at radius 3 is 2.45 bits per heavy atom. The molecule has 0 aromatic heterocycles. The van der Waals surface area contributed by atoms with Crippen molar-refractivity contribution >= 4 is 50.0 Å². The van der Waals surface area contributed by atoms with Crippen molar-refractivity contribution in [1.82, 2.24) is 5.32 Å². The molecule has 8 nitrogen and oxygen atoms in total. The van der Waals surface area contributed by atoms with Gasteiger partial charge < -0.3 is 9.64 Å². The van der Waals surface area contributed by atoms with E-state index in [1.807, 2.05) is 0 Å². The molecule has 1 fully saturated rings. The Bertz CT molecular complexity index is 1200. The molecule has 148 valence electrons. The quantitative estimate of drug-likeness (QED) is 0.748. The number of anilines is 1. The van der Waals surface area contributed by atoms with Crippen LogP contribution >= 0.6 is 11.8 Å². The number of nitrogens with zero attached hydrogens (tertiary/aromatic N) is 2. The van der Waals surface area contributed by atoms with Gasteiger partial charge in [0.25, 0.3) is 21.8 Å². The van der Waals surface area contributed by atoms with Crippen molar-refractivity contribution in [2.24, 2.45) is 4.40 Å². The maximum atomic E-state index is 12.7. The highest BCUT2D eigenvalue weighted by molar-refractivity contribution is 8.19. The number of nitrogens with one attached hydrogen (secondary N) is 1. The summed E-state index contributed by atoms with van der Waals surface area (Å²) in [5.74, 6) is -0.384. The SMILES string of the molecule is COc1ccc(S(=O)(=O)N=C2NC(=O)/C(=C3\C(=O)N(C)c4ccccc43)S2)cc1. The van der Waals surface area contributed by atoms with Gasteiger partial charge in [0.1, 0.15) is 5.75 Å². The van der Waals surface area contributed by atoms with E-state index >= 15 is 0 Å². The van der Waals surface area contributed by atoms with Gasteiger partial charge in [-0.2, -0.15) is 8.42 Å². The Labute approximate surface area is 171 Å². The average molecular weight is 429 g/mol. The summed E-state index contributed by atoms with van der Waals surface area (Å²) in [4.78, 5) is 26.7. The van der Waals surface area contributed by atoms with Crippen LogP contribution in [0.5, 0.6) is 5.75 Å². The first-order valence-electron chi connectivity index (χ1n) is 8.42. The van der Waals surface area contributed by atoms with E-state index in [4.69, 9.17) is 4.74 Å². The molecular formula is C19H15N3O5S2. The van der Waals surface area contributed by atoms with Crippen LogP contribution in [-0.2, 0) is 19.6 Å². The molecular weight excluding hydrogens is 414 g/mol. The summed E-state index contributed by atoms with van der Waals surface area (Å²) in [6.45, 7) is 0. The van der Waals surface area contributed by atoms with E-state index in [1.54, 1.807) is 31.3 Å². The third-order valence-corrected chi connectivity index (χ3v) is 6.85. The molecule has 0 saturated carbocycles. The molecule has 2 aliphatic rings. The third-order valence-electron chi connectivity index (χ3n) is 4.47. The molecule has 29 heavy (non-hydrogen) atoms. The monoisotopic (exact) mass is 429 g/mol. The Balaban J connectivity index is 1.71. The number of likely N-dealkylation sites (N-methyl/N-ethyl adjacent to an activating group) is 1. The lowest BCUT2D eigenvalue weighted by Gasteiger charge is -2.08. The van der Waals surface area contributed by atoms with Crippen molar-refractivity contribution < 1.29 is 22.7 Å². The minimum absolute atomic E-state index is 0.0382. The van der Waals surface area contributed by atoms with E-state index in [9.17, 15) is 18.0 Å². The zero-order valence-electron chi connectivity index (χ0n) is 15.4. The summed E-state index contributed by atoms with van der Waals surface area (Å²) in [6.07, 6.45) is 0. The van der Waals surface area contributed by atoms with Gasteiger partial charge in [-0.1, -0.05) is 18.2 Å². The van der Waals surface area contributed by atoms with Crippen LogP contribution in [0.15, 0.2) is 62.7 Å². The predicted octanol–water partition coefficient (Wildman–Crippen LogP) is 1.99. The number of ether oxygens (including phenoxy) is 1. The van der Waals surface area contributed by atoms with Crippen LogP contribution in [0.1, 0.15) is 5.56 Å². The van der Waals surface area contributed by atoms with Crippen LogP contribution in [0, 0.1) is 0 Å². The molecule has 2 aromatic rings. The molecule has 2 aromatic carbocycles. The summed E-state index contributed by atoms with van der Waals surface area (Å²) in [5, 5.41) is 2.33. The van der Waals surface area contributed by atoms with Gasteiger partial charge in [-0.3, -0.25) is 14.9 Å². The summed E-state index contributed by atoms with van der Waals surface area (Å²) in [7, 11) is -0.949. The fourth-order valence-electron chi connectivity index (χ4n) is 3.03. The molecule has 1 saturated heterocycles. The Hall–Kier alpha value is -3.11. The lowest BCUT2D eigenvalue weighted by molar-refractivity contribution is -0.116. The highest BCUT2D eigenvalue weighted by atomic mass is 32.2. The number of fused-ring (bicyclic) bond motifs is 1. The minimum atomic E-state index is -4.04. The average Bonchev–Trinajstić information content (AvgIpc) is 3.18. The summed E-state index contributed by atoms with van der Waals surface area (Å²) >= 11 is 0.832. The fourth-order valence-corrected chi connectivity index (χ4v) is 5.10. The van der Waals surface area contributed by atoms with Crippen molar-refractivity contribution in [3.63, 3.8) is 0 Å². The zero-order valence-corrected chi connectivity index (χ0v) is 17.0. The van der Waals surface area contributed by atoms with Crippen molar-refractivity contribution in [1.29, 1.82) is 0 Å². The predicted molar refractivity (Wildman–Crippen MR) is 110 cm³/mol. The van der Waals surface area contributed by atoms with Crippen molar-refractivity contribution in [2.75, 3.05) is 19.1 Å². The van der Waals surface area contributed by atoms with Gasteiger partial charge in [-0.25, -0.2) is 0 Å². The zero-order chi connectivity index (χ0) is 20.8. The number of para-hydroxylation sites is 1. The Morgan fingerprint density at radius 2 is 1.76 bits per heavy atom. The van der Waals surface area contributed by atoms with Gasteiger partial charge in [0.05, 0.1) is 28.2 Å². The lowest BCUT2D eigenvalue weighted by Crippen LogP contribution is -2.23. The number of rotatable bonds is 3. The second kappa shape index (κ2) is 7.05. The minimum Gasteiger partial charge on any atom is -0.497 e. The maximum Gasteiger partial charge on any atom is 0.284 e. The van der Waals surface area contributed by atoms with E-state index in [0.29, 0.717) is 17.0 Å². The highest BCUT2D eigenvalue weighted by Crippen LogP contribution is 2.41. The number of methoxy groups -OCH3 is 1. The summed E-state index contributed by atoms with van der Waals surface area (Å²) in [5.41, 5.74) is 1.54. The molecule has 0 spiro atoms. The Morgan fingerprint density at radius 1 is 1.07 bits per heavy atom. The van der Waals surface area contributed by atoms with E-state index in [0.717, 1.165) is 11.8 Å². The normalized spacial score (nSPS) is 20.2. The highest BCUT2D eigenvalue weighted by Gasteiger charge is 2.38. The van der Waals surface area contributed by atoms with Crippen LogP contribution < -0.4 is 15.0 Å². The number of benzene rings is 2. The van der Waals surface area contributed by atoms with Crippen LogP contribution in [0.3, 0.4) is 0 Å². The first kappa shape index (κ1) is 19.2. The third kappa shape index (κ3) is 3.30. The fraction of sp³-hybridized carbons (Fsp3) is 0.105. The molecule has 0 atom stereocenters. The molecule has 10 heteroatoms. The molecule has 1 N–H and O–H groups in total. The number of sulfonamides is 1. The molecule has 0 bridgehead atoms. The number of amidine groups is 1. The summed E-state index contributed by atoms with van der Waals surface area (Å²) < 4.78 is 33.8. The maximum absolute atomic E-state index is 12.7. The first-order chi connectivity index (χ1) is 13.8. The lowest BCUT2D eigenvalue weighted by atomic mass is 10.1. The first-order valence-corrected chi connectivity index (χ1v) is 10.7. The number of hydrogen-bond donors (Lipinski definition) is 1. The van der Waals surface area contributed by atoms with Crippen LogP contribution in [0.4, 0.5) is 5.69 Å². The van der Waals surface area contributed by atoms with Gasteiger partial charge in [0.2, 0.25) is 0 Å². The number of carbonyl (C=O) groups is 2. The topological polar surface area (TPSA) is 105 Å². The number of carbonyl (C=O) groups excluding carboxylic acids is 2. The van der Waals surface area contributed by atoms with Gasteiger partial charge >= 0.3 is 0 Å². The summed E-state index contributed by atoms with van der Waals surface area (Å²) in [6, 6.07) is 12.8. The second-order valence-electron chi connectivity index (χ2n) is 6.19. The smallest absolute Gasteiger partial charge is 0.284 e. The molecule has 0 aliphatic carbocycles. The number of thioether (sulfide) groups is 1. The molecule has 0 radical (unpaired) electrons. The van der Waals surface area contributed by atoms with E-state index in [1.165, 1.54) is 36.3 Å². The van der Waals surface area contributed by atoms with Crippen LogP contribution in [-0.4, -0.2) is 39.6 Å². The largest absolute Gasteiger partial charge is 0.497 e. The molecule has 2 aliphatic heterocycles. The molecule has 2 amide bonds. The standard InChI is InChI=1S/C19H15N3O5S2/c1-22-14-6-4-3-5-13(14)15(18(22)24)16-17(23)20-19(28-16)21-29(25,26)12-9-7-11(27-2)8-10-12/h3-10H,1-2H3,(H,20,21,23)/b16-15+. The van der Waals surface area contributed by atoms with Crippen LogP contribution in [0.2, 0.25) is 0 Å². The van der Waals surface area contributed by atoms with Gasteiger partial charge in [0, 0.05) is 12.6 Å². The second-order valence-corrected chi connectivity index (χ2v) is 8.79. The van der Waals surface area contributed by atoms with E-state index in [2.05, 4.69) is 9.71 Å². The molecule has 2 heterocycles. The van der Waals surface area contributed by atoms with E-state index in [-0.39, 0.29) is 26.4 Å². The number of amides is 2. The van der Waals surface area contributed by atoms with Gasteiger partial charge in [0.15, 0.2) is 5.17 Å². The van der Waals surface area contributed by atoms with Crippen molar-refractivity contribution in [3.05, 3.63) is 59.0 Å². The molecule has 0 unspecified atom stereocenters. The number of hydrogen-bond acceptors (Lipinski definition) is 6. The van der Waals surface area contributed by atoms with Crippen molar-refractivity contribution in [3.8, 4) is 5.75 Å². The Kier molecular flexibility index (Phi) is 4.67. The van der Waals surface area contributed by atoms with Gasteiger partial charge in [-0.15, -0.1) is 4.40 Å². The van der Waals surface area contributed by atoms with Crippen molar-refractivity contribution in [2.45, 2.75) is 4.90 Å².